The number of fused-ring (bicyclic) bond motifs is 1. The summed E-state index contributed by atoms with van der Waals surface area (Å²) in [5, 5.41) is 0. The Labute approximate surface area is 129 Å². The van der Waals surface area contributed by atoms with Crippen LogP contribution in [0.25, 0.3) is 11.1 Å². The van der Waals surface area contributed by atoms with E-state index in [4.69, 9.17) is 9.47 Å². The number of carbonyl (C=O) groups is 1. The van der Waals surface area contributed by atoms with Crippen molar-refractivity contribution in [3.63, 3.8) is 0 Å². The van der Waals surface area contributed by atoms with Crippen LogP contribution in [0.4, 0.5) is 13.2 Å². The highest BCUT2D eigenvalue weighted by Gasteiger charge is 2.32. The monoisotopic (exact) mass is 324 g/mol. The van der Waals surface area contributed by atoms with Crippen molar-refractivity contribution in [2.24, 2.45) is 0 Å². The van der Waals surface area contributed by atoms with Gasteiger partial charge in [-0.3, -0.25) is 0 Å². The Morgan fingerprint density at radius 1 is 1.04 bits per heavy atom. The van der Waals surface area contributed by atoms with Crippen LogP contribution in [0.15, 0.2) is 36.4 Å². The van der Waals surface area contributed by atoms with E-state index >= 15 is 0 Å². The minimum Gasteiger partial charge on any atom is -0.465 e. The van der Waals surface area contributed by atoms with Crippen molar-refractivity contribution in [3.05, 3.63) is 47.5 Å². The molecule has 1 heterocycles. The van der Waals surface area contributed by atoms with Gasteiger partial charge in [-0.25, -0.2) is 4.79 Å². The molecule has 0 amide bonds. The van der Waals surface area contributed by atoms with Gasteiger partial charge in [0.15, 0.2) is 11.5 Å². The normalized spacial score (nSPS) is 13.0. The zero-order valence-corrected chi connectivity index (χ0v) is 11.9. The second kappa shape index (κ2) is 5.49. The van der Waals surface area contributed by atoms with Gasteiger partial charge in [-0.1, -0.05) is 6.07 Å². The summed E-state index contributed by atoms with van der Waals surface area (Å²) in [6.07, 6.45) is -4.57. The molecule has 1 aliphatic heterocycles. The molecule has 0 atom stereocenters. The molecule has 0 saturated heterocycles. The number of halogens is 3. The Kier molecular flexibility index (Phi) is 3.63. The van der Waals surface area contributed by atoms with Gasteiger partial charge >= 0.3 is 12.1 Å². The third-order valence-electron chi connectivity index (χ3n) is 3.39. The molecule has 0 fully saturated rings. The Hall–Kier alpha value is -2.70. The summed E-state index contributed by atoms with van der Waals surface area (Å²) >= 11 is 0. The maximum atomic E-state index is 13.1. The van der Waals surface area contributed by atoms with E-state index in [2.05, 4.69) is 4.74 Å². The van der Waals surface area contributed by atoms with Crippen molar-refractivity contribution in [1.29, 1.82) is 0 Å². The van der Waals surface area contributed by atoms with E-state index in [1.165, 1.54) is 6.07 Å². The molecule has 3 rings (SSSR count). The number of ether oxygens (including phenoxy) is 3. The minimum atomic E-state index is -4.57. The van der Waals surface area contributed by atoms with Gasteiger partial charge in [0.05, 0.1) is 18.2 Å². The highest BCUT2D eigenvalue weighted by Crippen LogP contribution is 2.38. The van der Waals surface area contributed by atoms with Crippen molar-refractivity contribution in [1.82, 2.24) is 0 Å². The van der Waals surface area contributed by atoms with Gasteiger partial charge in [0.25, 0.3) is 0 Å². The summed E-state index contributed by atoms with van der Waals surface area (Å²) < 4.78 is 54.1. The maximum absolute atomic E-state index is 13.1. The van der Waals surface area contributed by atoms with E-state index in [9.17, 15) is 18.0 Å². The number of methoxy groups -OCH3 is 1. The van der Waals surface area contributed by atoms with Crippen LogP contribution in [-0.4, -0.2) is 19.9 Å². The van der Waals surface area contributed by atoms with E-state index in [1.54, 1.807) is 18.2 Å². The smallest absolute Gasteiger partial charge is 0.416 e. The Bertz CT molecular complexity index is 768. The van der Waals surface area contributed by atoms with Gasteiger partial charge < -0.3 is 14.2 Å². The molecule has 0 spiro atoms. The molecule has 7 heteroatoms. The lowest BCUT2D eigenvalue weighted by Crippen LogP contribution is -2.09. The summed E-state index contributed by atoms with van der Waals surface area (Å²) in [5.41, 5.74) is -0.382. The third kappa shape index (κ3) is 2.94. The van der Waals surface area contributed by atoms with Crippen LogP contribution in [-0.2, 0) is 10.9 Å². The van der Waals surface area contributed by atoms with Gasteiger partial charge in [-0.15, -0.1) is 0 Å². The van der Waals surface area contributed by atoms with E-state index in [1.807, 2.05) is 0 Å². The SMILES string of the molecule is COC(=O)c1cc(-c2ccc3c(c2)OCO3)cc(C(F)(F)F)c1. The molecule has 0 N–H and O–H groups in total. The molecular formula is C16H11F3O4. The first-order chi connectivity index (χ1) is 10.9. The molecule has 0 bridgehead atoms. The van der Waals surface area contributed by atoms with Crippen molar-refractivity contribution >= 4 is 5.97 Å². The molecule has 1 aliphatic rings. The van der Waals surface area contributed by atoms with Crippen molar-refractivity contribution < 1.29 is 32.2 Å². The summed E-state index contributed by atoms with van der Waals surface area (Å²) in [4.78, 5) is 11.6. The van der Waals surface area contributed by atoms with Crippen LogP contribution < -0.4 is 9.47 Å². The number of esters is 1. The summed E-state index contributed by atoms with van der Waals surface area (Å²) in [5.74, 6) is 0.131. The molecule has 0 radical (unpaired) electrons. The summed E-state index contributed by atoms with van der Waals surface area (Å²) in [6, 6.07) is 7.86. The van der Waals surface area contributed by atoms with Gasteiger partial charge in [0.2, 0.25) is 6.79 Å². The summed E-state index contributed by atoms with van der Waals surface area (Å²) in [7, 11) is 1.11. The average molecular weight is 324 g/mol. The Morgan fingerprint density at radius 3 is 2.48 bits per heavy atom. The molecule has 0 unspecified atom stereocenters. The van der Waals surface area contributed by atoms with Crippen LogP contribution in [0.3, 0.4) is 0 Å². The van der Waals surface area contributed by atoms with Crippen LogP contribution in [0.1, 0.15) is 15.9 Å². The molecule has 2 aromatic rings. The fraction of sp³-hybridized carbons (Fsp3) is 0.188. The van der Waals surface area contributed by atoms with Gasteiger partial charge in [0, 0.05) is 0 Å². The lowest BCUT2D eigenvalue weighted by atomic mass is 9.99. The van der Waals surface area contributed by atoms with Crippen LogP contribution in [0.5, 0.6) is 11.5 Å². The predicted octanol–water partition coefficient (Wildman–Crippen LogP) is 3.89. The largest absolute Gasteiger partial charge is 0.465 e. The van der Waals surface area contributed by atoms with Crippen molar-refractivity contribution in [2.45, 2.75) is 6.18 Å². The first-order valence-corrected chi connectivity index (χ1v) is 6.59. The molecule has 120 valence electrons. The predicted molar refractivity (Wildman–Crippen MR) is 74.3 cm³/mol. The number of rotatable bonds is 2. The number of carbonyl (C=O) groups excluding carboxylic acids is 1. The van der Waals surface area contributed by atoms with E-state index in [-0.39, 0.29) is 17.9 Å². The fourth-order valence-electron chi connectivity index (χ4n) is 2.27. The van der Waals surface area contributed by atoms with Gasteiger partial charge in [-0.2, -0.15) is 13.2 Å². The van der Waals surface area contributed by atoms with Crippen LogP contribution in [0, 0.1) is 0 Å². The fourth-order valence-corrected chi connectivity index (χ4v) is 2.27. The van der Waals surface area contributed by atoms with Crippen molar-refractivity contribution in [3.8, 4) is 22.6 Å². The summed E-state index contributed by atoms with van der Waals surface area (Å²) in [6.45, 7) is 0.0643. The van der Waals surface area contributed by atoms with E-state index < -0.39 is 17.7 Å². The van der Waals surface area contributed by atoms with Gasteiger partial charge in [-0.05, 0) is 41.5 Å². The Morgan fingerprint density at radius 2 is 1.78 bits per heavy atom. The zero-order chi connectivity index (χ0) is 16.6. The number of hydrogen-bond acceptors (Lipinski definition) is 4. The molecule has 23 heavy (non-hydrogen) atoms. The van der Waals surface area contributed by atoms with E-state index in [0.717, 1.165) is 19.2 Å². The van der Waals surface area contributed by atoms with Crippen LogP contribution >= 0.6 is 0 Å². The standard InChI is InChI=1S/C16H11F3O4/c1-21-15(20)11-4-10(5-12(6-11)16(17,18)19)9-2-3-13-14(7-9)23-8-22-13/h2-7H,8H2,1H3. The molecular weight excluding hydrogens is 313 g/mol. The molecule has 2 aromatic carbocycles. The molecule has 4 nitrogen and oxygen atoms in total. The molecule has 0 saturated carbocycles. The minimum absolute atomic E-state index is 0.0643. The highest BCUT2D eigenvalue weighted by molar-refractivity contribution is 5.91. The first kappa shape index (κ1) is 15.2. The van der Waals surface area contributed by atoms with Gasteiger partial charge in [0.1, 0.15) is 0 Å². The second-order valence-electron chi connectivity index (χ2n) is 4.86. The highest BCUT2D eigenvalue weighted by atomic mass is 19.4. The molecule has 0 aliphatic carbocycles. The average Bonchev–Trinajstić information content (AvgIpc) is 3.00. The number of alkyl halides is 3. The Balaban J connectivity index is 2.12. The third-order valence-corrected chi connectivity index (χ3v) is 3.39. The maximum Gasteiger partial charge on any atom is 0.416 e. The van der Waals surface area contributed by atoms with Crippen LogP contribution in [0.2, 0.25) is 0 Å². The topological polar surface area (TPSA) is 44.8 Å². The first-order valence-electron chi connectivity index (χ1n) is 6.59. The molecule has 0 aromatic heterocycles. The van der Waals surface area contributed by atoms with E-state index in [0.29, 0.717) is 17.1 Å². The number of benzene rings is 2. The van der Waals surface area contributed by atoms with Crippen molar-refractivity contribution in [2.75, 3.05) is 13.9 Å². The second-order valence-corrected chi connectivity index (χ2v) is 4.86. The lowest BCUT2D eigenvalue weighted by molar-refractivity contribution is -0.137. The zero-order valence-electron chi connectivity index (χ0n) is 11.9. The quantitative estimate of drug-likeness (QED) is 0.786. The number of hydrogen-bond donors (Lipinski definition) is 0. The lowest BCUT2D eigenvalue weighted by Gasteiger charge is -2.12.